The summed E-state index contributed by atoms with van der Waals surface area (Å²) in [7, 11) is 0. The van der Waals surface area contributed by atoms with E-state index in [0.717, 1.165) is 39.9 Å². The van der Waals surface area contributed by atoms with Crippen LogP contribution in [-0.2, 0) is 49.2 Å². The van der Waals surface area contributed by atoms with Crippen LogP contribution in [0.25, 0.3) is 0 Å². The Morgan fingerprint density at radius 1 is 0.860 bits per heavy atom. The number of aldehydes is 1. The van der Waals surface area contributed by atoms with Crippen LogP contribution in [0.4, 0.5) is 0 Å². The molecule has 2 aliphatic rings. The fraction of sp³-hybridized carbons (Fsp3) is 0.306. The van der Waals surface area contributed by atoms with Crippen molar-refractivity contribution in [3.8, 4) is 5.75 Å². The number of hydrogen-bond acceptors (Lipinski definition) is 6. The molecule has 2 fully saturated rings. The molecule has 2 aliphatic heterocycles. The van der Waals surface area contributed by atoms with Gasteiger partial charge in [-0.1, -0.05) is 90.5 Å². The van der Waals surface area contributed by atoms with Crippen molar-refractivity contribution in [1.29, 1.82) is 0 Å². The smallest absolute Gasteiger partial charge is 0.198 e. The standard InChI is InChI=1S/C36H35ClO6/c1-2-39-31-16-13-26(14-17-31)19-29-20-30(15-18-32(29)37)36-21-33(40-22-27-9-5-3-6-10-27)34(35(24-38,43-36)25-42-36)41-23-28-11-7-4-8-12-28/h3-18,20,24,33-34H,2,19,21-23,25H2,1H3/t33?,34-,35-,36+/m0/s1. The van der Waals surface area contributed by atoms with E-state index in [1.54, 1.807) is 0 Å². The number of carbonyl (C=O) groups is 1. The summed E-state index contributed by atoms with van der Waals surface area (Å²) in [5.41, 5.74) is 3.51. The van der Waals surface area contributed by atoms with E-state index in [1.165, 1.54) is 0 Å². The lowest BCUT2D eigenvalue weighted by molar-refractivity contribution is -0.283. The monoisotopic (exact) mass is 598 g/mol. The number of halogens is 1. The summed E-state index contributed by atoms with van der Waals surface area (Å²) in [6, 6.07) is 33.6. The van der Waals surface area contributed by atoms with Crippen molar-refractivity contribution in [2.24, 2.45) is 0 Å². The van der Waals surface area contributed by atoms with E-state index in [2.05, 4.69) is 0 Å². The molecule has 0 amide bonds. The van der Waals surface area contributed by atoms with Crippen LogP contribution in [0.15, 0.2) is 103 Å². The molecule has 2 saturated heterocycles. The molecule has 2 heterocycles. The van der Waals surface area contributed by atoms with Crippen LogP contribution in [0.1, 0.15) is 41.2 Å². The zero-order chi connectivity index (χ0) is 29.7. The van der Waals surface area contributed by atoms with Gasteiger partial charge in [-0.15, -0.1) is 0 Å². The van der Waals surface area contributed by atoms with Crippen LogP contribution in [0.5, 0.6) is 5.75 Å². The molecule has 0 N–H and O–H groups in total. The average Bonchev–Trinajstić information content (AvgIpc) is 3.37. The first-order chi connectivity index (χ1) is 21.0. The lowest BCUT2D eigenvalue weighted by Crippen LogP contribution is -2.59. The van der Waals surface area contributed by atoms with Crippen LogP contribution in [-0.4, -0.2) is 37.3 Å². The van der Waals surface area contributed by atoms with E-state index < -0.39 is 23.6 Å². The average molecular weight is 599 g/mol. The van der Waals surface area contributed by atoms with Crippen LogP contribution in [0.3, 0.4) is 0 Å². The maximum atomic E-state index is 12.8. The van der Waals surface area contributed by atoms with Gasteiger partial charge < -0.3 is 23.7 Å². The fourth-order valence-electron chi connectivity index (χ4n) is 5.88. The second-order valence-corrected chi connectivity index (χ2v) is 11.4. The Morgan fingerprint density at radius 3 is 2.19 bits per heavy atom. The Labute approximate surface area is 257 Å². The molecule has 4 atom stereocenters. The number of carbonyl (C=O) groups excluding carboxylic acids is 1. The highest BCUT2D eigenvalue weighted by molar-refractivity contribution is 6.31. The van der Waals surface area contributed by atoms with Crippen molar-refractivity contribution in [3.05, 3.63) is 136 Å². The summed E-state index contributed by atoms with van der Waals surface area (Å²) < 4.78 is 31.6. The molecule has 7 heteroatoms. The van der Waals surface area contributed by atoms with Crippen LogP contribution in [0, 0.1) is 0 Å². The highest BCUT2D eigenvalue weighted by atomic mass is 35.5. The first-order valence-corrected chi connectivity index (χ1v) is 15.0. The zero-order valence-electron chi connectivity index (χ0n) is 24.1. The van der Waals surface area contributed by atoms with Crippen molar-refractivity contribution < 1.29 is 28.5 Å². The molecule has 4 aromatic rings. The van der Waals surface area contributed by atoms with E-state index in [4.69, 9.17) is 35.3 Å². The van der Waals surface area contributed by atoms with Gasteiger partial charge in [0.25, 0.3) is 0 Å². The molecule has 0 aromatic heterocycles. The van der Waals surface area contributed by atoms with E-state index in [-0.39, 0.29) is 6.61 Å². The minimum atomic E-state index is -1.33. The molecule has 6 nitrogen and oxygen atoms in total. The lowest BCUT2D eigenvalue weighted by Gasteiger charge is -2.44. The van der Waals surface area contributed by atoms with Crippen LogP contribution < -0.4 is 4.74 Å². The van der Waals surface area contributed by atoms with Crippen LogP contribution in [0.2, 0.25) is 5.02 Å². The summed E-state index contributed by atoms with van der Waals surface area (Å²) in [6.07, 6.45) is 0.638. The Morgan fingerprint density at radius 2 is 1.53 bits per heavy atom. The molecule has 6 rings (SSSR count). The van der Waals surface area contributed by atoms with E-state index in [9.17, 15) is 4.79 Å². The predicted octanol–water partition coefficient (Wildman–Crippen LogP) is 7.04. The van der Waals surface area contributed by atoms with Gasteiger partial charge in [0.2, 0.25) is 0 Å². The quantitative estimate of drug-likeness (QED) is 0.163. The van der Waals surface area contributed by atoms with Crippen LogP contribution >= 0.6 is 11.6 Å². The molecule has 0 spiro atoms. The third-order valence-electron chi connectivity index (χ3n) is 8.07. The number of fused-ring (bicyclic) bond motifs is 2. The van der Waals surface area contributed by atoms with Gasteiger partial charge in [0, 0.05) is 17.0 Å². The van der Waals surface area contributed by atoms with Gasteiger partial charge in [0.1, 0.15) is 11.9 Å². The SMILES string of the molecule is CCOc1ccc(Cc2cc([C@]34CC(OCc5ccccc5)[C@H](OCc5ccccc5)[C@](C=O)(CO3)O4)ccc2Cl)cc1. The van der Waals surface area contributed by atoms with Crippen molar-refractivity contribution in [1.82, 2.24) is 0 Å². The third kappa shape index (κ3) is 6.40. The van der Waals surface area contributed by atoms with Gasteiger partial charge >= 0.3 is 0 Å². The van der Waals surface area contributed by atoms with Crippen molar-refractivity contribution in [2.75, 3.05) is 13.2 Å². The van der Waals surface area contributed by atoms with Gasteiger partial charge in [0.15, 0.2) is 17.7 Å². The summed E-state index contributed by atoms with van der Waals surface area (Å²) >= 11 is 6.68. The maximum absolute atomic E-state index is 12.8. The molecule has 1 unspecified atom stereocenters. The number of benzene rings is 4. The topological polar surface area (TPSA) is 63.2 Å². The molecule has 0 saturated carbocycles. The highest BCUT2D eigenvalue weighted by Crippen LogP contribution is 2.51. The third-order valence-corrected chi connectivity index (χ3v) is 8.44. The fourth-order valence-corrected chi connectivity index (χ4v) is 6.06. The van der Waals surface area contributed by atoms with Gasteiger partial charge in [-0.3, -0.25) is 4.79 Å². The summed E-state index contributed by atoms with van der Waals surface area (Å²) in [4.78, 5) is 12.8. The molecular formula is C36H35ClO6. The van der Waals surface area contributed by atoms with Gasteiger partial charge in [-0.2, -0.15) is 0 Å². The van der Waals surface area contributed by atoms with E-state index in [1.807, 2.05) is 110 Å². The molecular weight excluding hydrogens is 564 g/mol. The Balaban J connectivity index is 1.29. The zero-order valence-corrected chi connectivity index (χ0v) is 24.9. The minimum absolute atomic E-state index is 0.0536. The molecule has 222 valence electrons. The molecule has 4 aromatic carbocycles. The maximum Gasteiger partial charge on any atom is 0.198 e. The first kappa shape index (κ1) is 29.5. The Kier molecular flexibility index (Phi) is 8.93. The highest BCUT2D eigenvalue weighted by Gasteiger charge is 2.64. The van der Waals surface area contributed by atoms with E-state index in [0.29, 0.717) is 37.7 Å². The lowest BCUT2D eigenvalue weighted by atomic mass is 9.85. The molecule has 0 radical (unpaired) electrons. The van der Waals surface area contributed by atoms with Crippen molar-refractivity contribution in [3.63, 3.8) is 0 Å². The minimum Gasteiger partial charge on any atom is -0.494 e. The molecule has 2 bridgehead atoms. The predicted molar refractivity (Wildman–Crippen MR) is 164 cm³/mol. The summed E-state index contributed by atoms with van der Waals surface area (Å²) in [5.74, 6) is -0.358. The van der Waals surface area contributed by atoms with Gasteiger partial charge in [0.05, 0.1) is 32.5 Å². The summed E-state index contributed by atoms with van der Waals surface area (Å²) in [5, 5.41) is 0.644. The normalized spacial score (nSPS) is 24.5. The number of rotatable bonds is 12. The molecule has 43 heavy (non-hydrogen) atoms. The summed E-state index contributed by atoms with van der Waals surface area (Å²) in [6.45, 7) is 3.32. The number of ether oxygens (including phenoxy) is 5. The van der Waals surface area contributed by atoms with Gasteiger partial charge in [-0.05, 0) is 59.9 Å². The Hall–Kier alpha value is -3.52. The largest absolute Gasteiger partial charge is 0.494 e. The first-order valence-electron chi connectivity index (χ1n) is 14.6. The molecule has 0 aliphatic carbocycles. The van der Waals surface area contributed by atoms with Crippen molar-refractivity contribution >= 4 is 17.9 Å². The van der Waals surface area contributed by atoms with Gasteiger partial charge in [-0.25, -0.2) is 0 Å². The second-order valence-electron chi connectivity index (χ2n) is 11.0. The second kappa shape index (κ2) is 13.0. The number of hydrogen-bond donors (Lipinski definition) is 0. The van der Waals surface area contributed by atoms with E-state index >= 15 is 0 Å². The van der Waals surface area contributed by atoms with Crippen molar-refractivity contribution in [2.45, 2.75) is 56.6 Å². The Bertz CT molecular complexity index is 1510.